The third-order valence-corrected chi connectivity index (χ3v) is 5.06. The van der Waals surface area contributed by atoms with Crippen LogP contribution < -0.4 is 19.7 Å². The minimum atomic E-state index is 0.483. The number of methoxy groups -OCH3 is 2. The lowest BCUT2D eigenvalue weighted by molar-refractivity contribution is 0.394. The van der Waals surface area contributed by atoms with E-state index in [2.05, 4.69) is 32.7 Å². The molecule has 0 unspecified atom stereocenters. The number of rotatable bonds is 6. The summed E-state index contributed by atoms with van der Waals surface area (Å²) in [4.78, 5) is 6.87. The molecule has 0 spiro atoms. The number of benzene rings is 1. The lowest BCUT2D eigenvalue weighted by Crippen LogP contribution is -2.32. The zero-order valence-electron chi connectivity index (χ0n) is 13.8. The highest BCUT2D eigenvalue weighted by molar-refractivity contribution is 7.09. The maximum atomic E-state index is 5.36. The van der Waals surface area contributed by atoms with Crippen molar-refractivity contribution in [2.45, 2.75) is 25.9 Å². The summed E-state index contributed by atoms with van der Waals surface area (Å²) in [5, 5.41) is 6.87. The Morgan fingerprint density at radius 1 is 1.26 bits per heavy atom. The van der Waals surface area contributed by atoms with Gasteiger partial charge >= 0.3 is 0 Å². The molecule has 2 aromatic rings. The molecule has 0 radical (unpaired) electrons. The highest BCUT2D eigenvalue weighted by atomic mass is 32.1. The Morgan fingerprint density at radius 2 is 2.00 bits per heavy atom. The molecule has 0 aliphatic carbocycles. The molecule has 0 saturated carbocycles. The van der Waals surface area contributed by atoms with Gasteiger partial charge in [-0.15, -0.1) is 11.3 Å². The van der Waals surface area contributed by atoms with Crippen molar-refractivity contribution in [1.29, 1.82) is 0 Å². The van der Waals surface area contributed by atoms with E-state index in [1.54, 1.807) is 25.6 Å². The number of thiazole rings is 1. The van der Waals surface area contributed by atoms with E-state index in [1.807, 2.05) is 13.0 Å². The number of nitrogens with one attached hydrogen (secondary N) is 1. The topological polar surface area (TPSA) is 46.6 Å². The molecule has 1 fully saturated rings. The monoisotopic (exact) mass is 333 g/mol. The minimum Gasteiger partial charge on any atom is -0.497 e. The lowest BCUT2D eigenvalue weighted by atomic mass is 10.2. The Balaban J connectivity index is 1.60. The second-order valence-electron chi connectivity index (χ2n) is 5.77. The summed E-state index contributed by atoms with van der Waals surface area (Å²) in [6, 6.07) is 6.51. The molecule has 6 heteroatoms. The van der Waals surface area contributed by atoms with Crippen molar-refractivity contribution in [3.63, 3.8) is 0 Å². The summed E-state index contributed by atoms with van der Waals surface area (Å²) in [5.41, 5.74) is 2.25. The Bertz CT molecular complexity index is 637. The van der Waals surface area contributed by atoms with Crippen LogP contribution in [0, 0.1) is 6.92 Å². The molecule has 124 valence electrons. The van der Waals surface area contributed by atoms with Gasteiger partial charge in [-0.25, -0.2) is 4.98 Å². The van der Waals surface area contributed by atoms with Gasteiger partial charge < -0.3 is 19.7 Å². The van der Waals surface area contributed by atoms with Gasteiger partial charge in [0.05, 0.1) is 14.2 Å². The van der Waals surface area contributed by atoms with Crippen LogP contribution in [0.4, 0.5) is 5.69 Å². The molecular formula is C17H23N3O2S. The summed E-state index contributed by atoms with van der Waals surface area (Å²) in [6.45, 7) is 4.90. The molecule has 0 bridgehead atoms. The molecular weight excluding hydrogens is 310 g/mol. The van der Waals surface area contributed by atoms with Crippen molar-refractivity contribution < 1.29 is 9.47 Å². The van der Waals surface area contributed by atoms with Gasteiger partial charge in [-0.05, 0) is 13.3 Å². The number of aryl methyl sites for hydroxylation is 1. The first-order chi connectivity index (χ1) is 11.2. The van der Waals surface area contributed by atoms with Crippen molar-refractivity contribution in [2.24, 2.45) is 0 Å². The molecule has 1 N–H and O–H groups in total. The van der Waals surface area contributed by atoms with Crippen LogP contribution in [0.25, 0.3) is 0 Å². The third-order valence-electron chi connectivity index (χ3n) is 4.10. The first-order valence-corrected chi connectivity index (χ1v) is 8.68. The average molecular weight is 333 g/mol. The first kappa shape index (κ1) is 16.1. The van der Waals surface area contributed by atoms with Crippen LogP contribution in [0.1, 0.15) is 17.1 Å². The van der Waals surface area contributed by atoms with Crippen molar-refractivity contribution in [2.75, 3.05) is 32.2 Å². The number of ether oxygens (including phenoxy) is 2. The second kappa shape index (κ2) is 7.19. The van der Waals surface area contributed by atoms with E-state index in [-0.39, 0.29) is 0 Å². The second-order valence-corrected chi connectivity index (χ2v) is 6.71. The fourth-order valence-electron chi connectivity index (χ4n) is 2.85. The molecule has 1 saturated heterocycles. The molecule has 2 heterocycles. The molecule has 1 atom stereocenters. The van der Waals surface area contributed by atoms with Crippen LogP contribution >= 0.6 is 11.3 Å². The maximum Gasteiger partial charge on any atom is 0.124 e. The highest BCUT2D eigenvalue weighted by Crippen LogP contribution is 2.30. The normalized spacial score (nSPS) is 17.5. The van der Waals surface area contributed by atoms with E-state index in [0.717, 1.165) is 53.9 Å². The highest BCUT2D eigenvalue weighted by Gasteiger charge is 2.23. The largest absolute Gasteiger partial charge is 0.497 e. The molecule has 23 heavy (non-hydrogen) atoms. The number of nitrogens with zero attached hydrogens (tertiary/aromatic N) is 2. The molecule has 3 rings (SSSR count). The summed E-state index contributed by atoms with van der Waals surface area (Å²) in [5.74, 6) is 1.66. The molecule has 1 aromatic heterocycles. The van der Waals surface area contributed by atoms with Crippen molar-refractivity contribution >= 4 is 17.0 Å². The number of hydrogen-bond acceptors (Lipinski definition) is 6. The zero-order chi connectivity index (χ0) is 16.2. The zero-order valence-corrected chi connectivity index (χ0v) is 14.7. The van der Waals surface area contributed by atoms with E-state index in [9.17, 15) is 0 Å². The van der Waals surface area contributed by atoms with E-state index in [0.29, 0.717) is 6.04 Å². The van der Waals surface area contributed by atoms with Crippen LogP contribution in [0.2, 0.25) is 0 Å². The standard InChI is InChI=1S/C17H23N3O2S/c1-12-11-23-17(19-12)9-18-13-4-5-20(10-13)14-6-15(21-2)8-16(7-14)22-3/h6-8,11,13,18H,4-5,9-10H2,1-3H3/t13-/m1/s1. The average Bonchev–Trinajstić information content (AvgIpc) is 3.21. The van der Waals surface area contributed by atoms with Crippen LogP contribution in [0.5, 0.6) is 11.5 Å². The Kier molecular flexibility index (Phi) is 5.03. The Hall–Kier alpha value is -1.79. The predicted molar refractivity (Wildman–Crippen MR) is 93.9 cm³/mol. The molecule has 1 aliphatic heterocycles. The molecule has 1 aliphatic rings. The van der Waals surface area contributed by atoms with E-state index in [1.165, 1.54) is 0 Å². The molecule has 0 amide bonds. The number of anilines is 1. The SMILES string of the molecule is COc1cc(OC)cc(N2CC[C@@H](NCc3nc(C)cs3)C2)c1. The summed E-state index contributed by atoms with van der Waals surface area (Å²) < 4.78 is 10.7. The summed E-state index contributed by atoms with van der Waals surface area (Å²) in [7, 11) is 3.37. The first-order valence-electron chi connectivity index (χ1n) is 7.80. The van der Waals surface area contributed by atoms with E-state index >= 15 is 0 Å². The predicted octanol–water partition coefficient (Wildman–Crippen LogP) is 2.84. The fourth-order valence-corrected chi connectivity index (χ4v) is 3.57. The summed E-state index contributed by atoms with van der Waals surface area (Å²) in [6.07, 6.45) is 1.13. The number of aromatic nitrogens is 1. The smallest absolute Gasteiger partial charge is 0.124 e. The Morgan fingerprint density at radius 3 is 2.61 bits per heavy atom. The van der Waals surface area contributed by atoms with Crippen LogP contribution in [-0.2, 0) is 6.54 Å². The lowest BCUT2D eigenvalue weighted by Gasteiger charge is -2.20. The van der Waals surface area contributed by atoms with E-state index < -0.39 is 0 Å². The van der Waals surface area contributed by atoms with Gasteiger partial charge in [0.1, 0.15) is 16.5 Å². The number of hydrogen-bond donors (Lipinski definition) is 1. The van der Waals surface area contributed by atoms with Crippen molar-refractivity contribution in [1.82, 2.24) is 10.3 Å². The maximum absolute atomic E-state index is 5.36. The van der Waals surface area contributed by atoms with E-state index in [4.69, 9.17) is 9.47 Å². The minimum absolute atomic E-state index is 0.483. The van der Waals surface area contributed by atoms with Gasteiger partial charge in [0, 0.05) is 60.6 Å². The Labute approximate surface area is 141 Å². The van der Waals surface area contributed by atoms with Gasteiger partial charge in [0.25, 0.3) is 0 Å². The summed E-state index contributed by atoms with van der Waals surface area (Å²) >= 11 is 1.72. The van der Waals surface area contributed by atoms with Gasteiger partial charge in [0.2, 0.25) is 0 Å². The van der Waals surface area contributed by atoms with Crippen LogP contribution in [0.3, 0.4) is 0 Å². The van der Waals surface area contributed by atoms with Gasteiger partial charge in [0.15, 0.2) is 0 Å². The van der Waals surface area contributed by atoms with Gasteiger partial charge in [-0.2, -0.15) is 0 Å². The molecule has 1 aromatic carbocycles. The fraction of sp³-hybridized carbons (Fsp3) is 0.471. The molecule has 5 nitrogen and oxygen atoms in total. The van der Waals surface area contributed by atoms with Crippen molar-refractivity contribution in [3.8, 4) is 11.5 Å². The van der Waals surface area contributed by atoms with Gasteiger partial charge in [-0.1, -0.05) is 0 Å². The third kappa shape index (κ3) is 3.95. The van der Waals surface area contributed by atoms with Crippen LogP contribution in [-0.4, -0.2) is 38.3 Å². The quantitative estimate of drug-likeness (QED) is 0.881. The van der Waals surface area contributed by atoms with Crippen molar-refractivity contribution in [3.05, 3.63) is 34.3 Å². The van der Waals surface area contributed by atoms with Crippen LogP contribution in [0.15, 0.2) is 23.6 Å². The van der Waals surface area contributed by atoms with Gasteiger partial charge in [-0.3, -0.25) is 0 Å².